The van der Waals surface area contributed by atoms with Gasteiger partial charge in [0.1, 0.15) is 5.69 Å². The van der Waals surface area contributed by atoms with Gasteiger partial charge in [-0.25, -0.2) is 4.98 Å². The van der Waals surface area contributed by atoms with Crippen LogP contribution in [0.5, 0.6) is 0 Å². The maximum absolute atomic E-state index is 11.4. The molecule has 1 rings (SSSR count). The molecule has 0 fully saturated rings. The summed E-state index contributed by atoms with van der Waals surface area (Å²) in [6.45, 7) is 3.99. The summed E-state index contributed by atoms with van der Waals surface area (Å²) in [4.78, 5) is 16.4. The van der Waals surface area contributed by atoms with E-state index < -0.39 is 0 Å². The molecule has 1 heterocycles. The summed E-state index contributed by atoms with van der Waals surface area (Å²) in [5.41, 5.74) is 0.484. The van der Waals surface area contributed by atoms with Crippen LogP contribution in [0, 0.1) is 26.2 Å². The zero-order chi connectivity index (χ0) is 9.84. The summed E-state index contributed by atoms with van der Waals surface area (Å²) in [6.07, 6.45) is 5.02. The van der Waals surface area contributed by atoms with E-state index in [1.165, 1.54) is 11.3 Å². The number of aryl methyl sites for hydroxylation is 2. The molecule has 0 aliphatic rings. The highest BCUT2D eigenvalue weighted by molar-refractivity contribution is 7.11. The molecule has 0 spiro atoms. The highest BCUT2D eigenvalue weighted by atomic mass is 32.1. The second-order valence-corrected chi connectivity index (χ2v) is 3.93. The van der Waals surface area contributed by atoms with Gasteiger partial charge in [0.25, 0.3) is 5.91 Å². The van der Waals surface area contributed by atoms with E-state index in [0.29, 0.717) is 5.69 Å². The zero-order valence-corrected chi connectivity index (χ0v) is 8.36. The van der Waals surface area contributed by atoms with Crippen molar-refractivity contribution in [2.24, 2.45) is 0 Å². The molecule has 0 saturated carbocycles. The van der Waals surface area contributed by atoms with Gasteiger partial charge in [-0.1, -0.05) is 5.92 Å². The van der Waals surface area contributed by atoms with Crippen LogP contribution >= 0.6 is 11.3 Å². The summed E-state index contributed by atoms with van der Waals surface area (Å²) >= 11 is 1.51. The number of hydrogen-bond acceptors (Lipinski definition) is 3. The summed E-state index contributed by atoms with van der Waals surface area (Å²) in [6, 6.07) is 0. The zero-order valence-electron chi connectivity index (χ0n) is 7.55. The lowest BCUT2D eigenvalue weighted by Gasteiger charge is -1.97. The van der Waals surface area contributed by atoms with Gasteiger partial charge in [0.15, 0.2) is 0 Å². The molecule has 0 aliphatic carbocycles. The van der Waals surface area contributed by atoms with E-state index in [2.05, 4.69) is 16.2 Å². The standard InChI is InChI=1S/C9H10N2OS/c1-4-5-10-9(12)8-6(2)13-7(3)11-8/h1H,5H2,2-3H3,(H,10,12). The number of aromatic nitrogens is 1. The predicted molar refractivity (Wildman–Crippen MR) is 52.8 cm³/mol. The van der Waals surface area contributed by atoms with Crippen LogP contribution < -0.4 is 5.32 Å². The maximum atomic E-state index is 11.4. The molecule has 0 unspecified atom stereocenters. The molecule has 0 radical (unpaired) electrons. The molecule has 0 atom stereocenters. The Labute approximate surface area is 81.2 Å². The minimum Gasteiger partial charge on any atom is -0.340 e. The van der Waals surface area contributed by atoms with Crippen LogP contribution in [0.25, 0.3) is 0 Å². The lowest BCUT2D eigenvalue weighted by Crippen LogP contribution is -2.24. The molecule has 1 amide bonds. The van der Waals surface area contributed by atoms with Gasteiger partial charge in [0.2, 0.25) is 0 Å². The largest absolute Gasteiger partial charge is 0.340 e. The Balaban J connectivity index is 2.78. The van der Waals surface area contributed by atoms with Crippen LogP contribution in [0.4, 0.5) is 0 Å². The molecule has 4 heteroatoms. The van der Waals surface area contributed by atoms with Crippen LogP contribution in [-0.4, -0.2) is 17.4 Å². The number of terminal acetylenes is 1. The fourth-order valence-electron chi connectivity index (χ4n) is 0.955. The minimum atomic E-state index is -0.195. The number of nitrogens with zero attached hydrogens (tertiary/aromatic N) is 1. The molecule has 3 nitrogen and oxygen atoms in total. The molecular weight excluding hydrogens is 184 g/mol. The Hall–Kier alpha value is -1.34. The van der Waals surface area contributed by atoms with Crippen molar-refractivity contribution in [2.45, 2.75) is 13.8 Å². The lowest BCUT2D eigenvalue weighted by molar-refractivity contribution is 0.0953. The highest BCUT2D eigenvalue weighted by Crippen LogP contribution is 2.15. The molecule has 0 aromatic carbocycles. The molecule has 0 bridgehead atoms. The molecular formula is C9H10N2OS. The Kier molecular flexibility index (Phi) is 3.04. The predicted octanol–water partition coefficient (Wildman–Crippen LogP) is 1.12. The molecule has 0 saturated heterocycles. The van der Waals surface area contributed by atoms with Crippen LogP contribution in [0.1, 0.15) is 20.4 Å². The van der Waals surface area contributed by atoms with Gasteiger partial charge >= 0.3 is 0 Å². The Bertz CT molecular complexity index is 362. The fraction of sp³-hybridized carbons (Fsp3) is 0.333. The molecule has 1 N–H and O–H groups in total. The number of nitrogens with one attached hydrogen (secondary N) is 1. The third kappa shape index (κ3) is 2.30. The van der Waals surface area contributed by atoms with E-state index in [0.717, 1.165) is 9.88 Å². The van der Waals surface area contributed by atoms with Gasteiger partial charge in [0.05, 0.1) is 11.6 Å². The topological polar surface area (TPSA) is 42.0 Å². The van der Waals surface area contributed by atoms with Crippen molar-refractivity contribution in [3.8, 4) is 12.3 Å². The van der Waals surface area contributed by atoms with Crippen LogP contribution in [0.3, 0.4) is 0 Å². The quantitative estimate of drug-likeness (QED) is 0.717. The van der Waals surface area contributed by atoms with Gasteiger partial charge in [-0.15, -0.1) is 17.8 Å². The van der Waals surface area contributed by atoms with E-state index in [9.17, 15) is 4.79 Å². The SMILES string of the molecule is C#CCNC(=O)c1nc(C)sc1C. The van der Waals surface area contributed by atoms with Crippen molar-refractivity contribution in [2.75, 3.05) is 6.54 Å². The first kappa shape index (κ1) is 9.75. The second-order valence-electron chi connectivity index (χ2n) is 2.52. The third-order valence-corrected chi connectivity index (χ3v) is 2.36. The minimum absolute atomic E-state index is 0.195. The van der Waals surface area contributed by atoms with Crippen molar-refractivity contribution in [3.63, 3.8) is 0 Å². The third-order valence-electron chi connectivity index (χ3n) is 1.47. The van der Waals surface area contributed by atoms with Gasteiger partial charge in [0, 0.05) is 4.88 Å². The Morgan fingerprint density at radius 3 is 2.85 bits per heavy atom. The van der Waals surface area contributed by atoms with E-state index in [-0.39, 0.29) is 12.5 Å². The van der Waals surface area contributed by atoms with E-state index in [1.54, 1.807) is 0 Å². The molecule has 13 heavy (non-hydrogen) atoms. The van der Waals surface area contributed by atoms with E-state index >= 15 is 0 Å². The average Bonchev–Trinajstić information content (AvgIpc) is 2.41. The van der Waals surface area contributed by atoms with E-state index in [1.807, 2.05) is 13.8 Å². The number of rotatable bonds is 2. The summed E-state index contributed by atoms with van der Waals surface area (Å²) in [5, 5.41) is 3.46. The molecule has 1 aromatic rings. The van der Waals surface area contributed by atoms with Crippen LogP contribution in [0.2, 0.25) is 0 Å². The molecule has 0 aliphatic heterocycles. The monoisotopic (exact) mass is 194 g/mol. The average molecular weight is 194 g/mol. The van der Waals surface area contributed by atoms with Gasteiger partial charge in [-0.2, -0.15) is 0 Å². The molecule has 1 aromatic heterocycles. The van der Waals surface area contributed by atoms with E-state index in [4.69, 9.17) is 6.42 Å². The Morgan fingerprint density at radius 2 is 2.38 bits per heavy atom. The van der Waals surface area contributed by atoms with Gasteiger partial charge in [-0.05, 0) is 13.8 Å². The second kappa shape index (κ2) is 4.06. The fourth-order valence-corrected chi connectivity index (χ4v) is 1.77. The first-order valence-corrected chi connectivity index (χ1v) is 4.62. The number of carbonyl (C=O) groups excluding carboxylic acids is 1. The summed E-state index contributed by atoms with van der Waals surface area (Å²) < 4.78 is 0. The first-order chi connectivity index (χ1) is 6.15. The Morgan fingerprint density at radius 1 is 1.69 bits per heavy atom. The van der Waals surface area contributed by atoms with Crippen LogP contribution in [-0.2, 0) is 0 Å². The van der Waals surface area contributed by atoms with Crippen molar-refractivity contribution in [1.82, 2.24) is 10.3 Å². The van der Waals surface area contributed by atoms with Crippen molar-refractivity contribution in [1.29, 1.82) is 0 Å². The van der Waals surface area contributed by atoms with Crippen molar-refractivity contribution >= 4 is 17.2 Å². The lowest BCUT2D eigenvalue weighted by atomic mass is 10.3. The number of carbonyl (C=O) groups is 1. The first-order valence-electron chi connectivity index (χ1n) is 3.81. The summed E-state index contributed by atoms with van der Waals surface area (Å²) in [7, 11) is 0. The highest BCUT2D eigenvalue weighted by Gasteiger charge is 2.12. The van der Waals surface area contributed by atoms with Crippen molar-refractivity contribution in [3.05, 3.63) is 15.6 Å². The maximum Gasteiger partial charge on any atom is 0.271 e. The summed E-state index contributed by atoms with van der Waals surface area (Å²) in [5.74, 6) is 2.14. The number of hydrogen-bond donors (Lipinski definition) is 1. The number of amides is 1. The van der Waals surface area contributed by atoms with Crippen LogP contribution in [0.15, 0.2) is 0 Å². The van der Waals surface area contributed by atoms with Gasteiger partial charge in [-0.3, -0.25) is 4.79 Å². The van der Waals surface area contributed by atoms with Crippen molar-refractivity contribution < 1.29 is 4.79 Å². The molecule has 68 valence electrons. The van der Waals surface area contributed by atoms with Gasteiger partial charge < -0.3 is 5.32 Å². The smallest absolute Gasteiger partial charge is 0.271 e. The number of thiazole rings is 1. The normalized spacial score (nSPS) is 9.31.